The van der Waals surface area contributed by atoms with Crippen LogP contribution >= 0.6 is 0 Å². The van der Waals surface area contributed by atoms with Gasteiger partial charge >= 0.3 is 0 Å². The molecule has 2 heterocycles. The van der Waals surface area contributed by atoms with Gasteiger partial charge in [0.25, 0.3) is 0 Å². The van der Waals surface area contributed by atoms with Crippen LogP contribution in [0.25, 0.3) is 0 Å². The number of carbonyl (C=O) groups is 1. The molecule has 2 aliphatic rings. The Morgan fingerprint density at radius 1 is 1.47 bits per heavy atom. The molecule has 2 saturated heterocycles. The number of rotatable bonds is 4. The van der Waals surface area contributed by atoms with Gasteiger partial charge in [0.15, 0.2) is 5.79 Å². The fourth-order valence-corrected chi connectivity index (χ4v) is 2.91. The van der Waals surface area contributed by atoms with Gasteiger partial charge in [0.05, 0.1) is 12.0 Å². The van der Waals surface area contributed by atoms with E-state index in [2.05, 4.69) is 24.5 Å². The Labute approximate surface area is 115 Å². The van der Waals surface area contributed by atoms with Gasteiger partial charge in [-0.15, -0.1) is 0 Å². The maximum Gasteiger partial charge on any atom is 0.227 e. The van der Waals surface area contributed by atoms with Crippen molar-refractivity contribution in [1.29, 1.82) is 0 Å². The van der Waals surface area contributed by atoms with Gasteiger partial charge in [-0.1, -0.05) is 13.8 Å². The summed E-state index contributed by atoms with van der Waals surface area (Å²) in [4.78, 5) is 12.5. The summed E-state index contributed by atoms with van der Waals surface area (Å²) in [6.45, 7) is 10.8. The Balaban J connectivity index is 1.87. The summed E-state index contributed by atoms with van der Waals surface area (Å²) in [5.41, 5.74) is -0.269. The molecule has 19 heavy (non-hydrogen) atoms. The summed E-state index contributed by atoms with van der Waals surface area (Å²) in [6.07, 6.45) is 0.863. The van der Waals surface area contributed by atoms with Crippen LogP contribution in [0.1, 0.15) is 34.1 Å². The van der Waals surface area contributed by atoms with E-state index >= 15 is 0 Å². The maximum absolute atomic E-state index is 12.5. The summed E-state index contributed by atoms with van der Waals surface area (Å²) in [6, 6.07) is 0. The molecule has 0 bridgehead atoms. The minimum Gasteiger partial charge on any atom is -0.353 e. The lowest BCUT2D eigenvalue weighted by atomic mass is 9.75. The van der Waals surface area contributed by atoms with Crippen LogP contribution in [-0.2, 0) is 14.3 Å². The number of ether oxygens (including phenoxy) is 2. The summed E-state index contributed by atoms with van der Waals surface area (Å²) >= 11 is 0. The van der Waals surface area contributed by atoms with Crippen LogP contribution in [0, 0.1) is 11.3 Å². The van der Waals surface area contributed by atoms with Gasteiger partial charge in [0, 0.05) is 13.1 Å². The minimum atomic E-state index is -0.528. The number of hydrogen-bond donors (Lipinski definition) is 2. The summed E-state index contributed by atoms with van der Waals surface area (Å²) < 4.78 is 11.2. The summed E-state index contributed by atoms with van der Waals surface area (Å²) in [5, 5.41) is 6.34. The molecule has 0 saturated carbocycles. The molecular weight excluding hydrogens is 244 g/mol. The molecule has 2 aliphatic heterocycles. The first-order valence-electron chi connectivity index (χ1n) is 7.16. The molecule has 5 nitrogen and oxygen atoms in total. The lowest BCUT2D eigenvalue weighted by Crippen LogP contribution is -2.48. The quantitative estimate of drug-likeness (QED) is 0.796. The highest BCUT2D eigenvalue weighted by atomic mass is 16.7. The Bertz CT molecular complexity index is 336. The molecule has 2 fully saturated rings. The maximum atomic E-state index is 12.5. The molecule has 5 heteroatoms. The highest BCUT2D eigenvalue weighted by Crippen LogP contribution is 2.34. The average molecular weight is 270 g/mol. The molecule has 0 aromatic carbocycles. The van der Waals surface area contributed by atoms with E-state index in [-0.39, 0.29) is 17.4 Å². The highest BCUT2D eigenvalue weighted by molar-refractivity contribution is 5.83. The molecule has 2 unspecified atom stereocenters. The van der Waals surface area contributed by atoms with Crippen molar-refractivity contribution in [3.8, 4) is 0 Å². The normalized spacial score (nSPS) is 33.8. The second-order valence-corrected chi connectivity index (χ2v) is 6.40. The van der Waals surface area contributed by atoms with E-state index in [0.717, 1.165) is 19.5 Å². The van der Waals surface area contributed by atoms with Gasteiger partial charge < -0.3 is 20.1 Å². The molecule has 0 aromatic rings. The van der Waals surface area contributed by atoms with Crippen molar-refractivity contribution in [2.75, 3.05) is 26.2 Å². The van der Waals surface area contributed by atoms with Crippen LogP contribution in [0.2, 0.25) is 0 Å². The van der Waals surface area contributed by atoms with Gasteiger partial charge in [-0.3, -0.25) is 4.79 Å². The van der Waals surface area contributed by atoms with E-state index in [9.17, 15) is 4.79 Å². The van der Waals surface area contributed by atoms with Gasteiger partial charge in [-0.25, -0.2) is 0 Å². The summed E-state index contributed by atoms with van der Waals surface area (Å²) in [5.74, 6) is -0.0551. The predicted molar refractivity (Wildman–Crippen MR) is 72.7 cm³/mol. The Morgan fingerprint density at radius 2 is 2.21 bits per heavy atom. The van der Waals surface area contributed by atoms with Crippen molar-refractivity contribution in [2.24, 2.45) is 11.3 Å². The standard InChI is InChI=1S/C14H26N2O3/c1-10(2)14(5-6-15-9-14)12(17)16-7-11-8-18-13(3,4)19-11/h10-11,15H,5-9H2,1-4H3,(H,16,17). The zero-order valence-corrected chi connectivity index (χ0v) is 12.4. The van der Waals surface area contributed by atoms with Crippen molar-refractivity contribution >= 4 is 5.91 Å². The van der Waals surface area contributed by atoms with Crippen molar-refractivity contribution < 1.29 is 14.3 Å². The van der Waals surface area contributed by atoms with Crippen LogP contribution < -0.4 is 10.6 Å². The summed E-state index contributed by atoms with van der Waals surface area (Å²) in [7, 11) is 0. The fraction of sp³-hybridized carbons (Fsp3) is 0.929. The van der Waals surface area contributed by atoms with Gasteiger partial charge in [-0.05, 0) is 32.7 Å². The first-order valence-corrected chi connectivity index (χ1v) is 7.16. The molecule has 110 valence electrons. The lowest BCUT2D eigenvalue weighted by molar-refractivity contribution is -0.142. The minimum absolute atomic E-state index is 0.0440. The topological polar surface area (TPSA) is 59.6 Å². The molecule has 0 aliphatic carbocycles. The van der Waals surface area contributed by atoms with Gasteiger partial charge in [0.2, 0.25) is 5.91 Å². The second kappa shape index (κ2) is 5.38. The van der Waals surface area contributed by atoms with Crippen molar-refractivity contribution in [3.63, 3.8) is 0 Å². The number of nitrogens with one attached hydrogen (secondary N) is 2. The average Bonchev–Trinajstić information content (AvgIpc) is 2.93. The first-order chi connectivity index (χ1) is 8.86. The predicted octanol–water partition coefficient (Wildman–Crippen LogP) is 0.890. The Morgan fingerprint density at radius 3 is 2.68 bits per heavy atom. The second-order valence-electron chi connectivity index (χ2n) is 6.40. The van der Waals surface area contributed by atoms with Crippen molar-refractivity contribution in [1.82, 2.24) is 10.6 Å². The zero-order valence-electron chi connectivity index (χ0n) is 12.4. The van der Waals surface area contributed by atoms with Gasteiger partial charge in [-0.2, -0.15) is 0 Å². The van der Waals surface area contributed by atoms with Crippen molar-refractivity contribution in [2.45, 2.75) is 46.0 Å². The smallest absolute Gasteiger partial charge is 0.227 e. The zero-order chi connectivity index (χ0) is 14.1. The van der Waals surface area contributed by atoms with Gasteiger partial charge in [0.1, 0.15) is 6.10 Å². The van der Waals surface area contributed by atoms with E-state index < -0.39 is 5.79 Å². The molecule has 0 aromatic heterocycles. The van der Waals surface area contributed by atoms with E-state index in [0.29, 0.717) is 19.1 Å². The SMILES string of the molecule is CC(C)C1(C(=O)NCC2COC(C)(C)O2)CCNC1. The lowest BCUT2D eigenvalue weighted by Gasteiger charge is -2.31. The fourth-order valence-electron chi connectivity index (χ4n) is 2.91. The Hall–Kier alpha value is -0.650. The molecule has 2 N–H and O–H groups in total. The molecule has 1 amide bonds. The van der Waals surface area contributed by atoms with Crippen LogP contribution in [-0.4, -0.2) is 44.0 Å². The van der Waals surface area contributed by atoms with Crippen molar-refractivity contribution in [3.05, 3.63) is 0 Å². The third-order valence-electron chi connectivity index (χ3n) is 4.30. The van der Waals surface area contributed by atoms with E-state index in [4.69, 9.17) is 9.47 Å². The van der Waals surface area contributed by atoms with Crippen LogP contribution in [0.3, 0.4) is 0 Å². The third-order valence-corrected chi connectivity index (χ3v) is 4.30. The van der Waals surface area contributed by atoms with Crippen LogP contribution in [0.15, 0.2) is 0 Å². The first kappa shape index (κ1) is 14.8. The molecular formula is C14H26N2O3. The number of carbonyl (C=O) groups excluding carboxylic acids is 1. The Kier molecular flexibility index (Phi) is 4.18. The molecule has 0 spiro atoms. The van der Waals surface area contributed by atoms with E-state index in [1.54, 1.807) is 0 Å². The molecule has 2 atom stereocenters. The van der Waals surface area contributed by atoms with Crippen LogP contribution in [0.5, 0.6) is 0 Å². The number of amides is 1. The molecule has 2 rings (SSSR count). The van der Waals surface area contributed by atoms with E-state index in [1.807, 2.05) is 13.8 Å². The molecule has 0 radical (unpaired) electrons. The number of hydrogen-bond acceptors (Lipinski definition) is 4. The third kappa shape index (κ3) is 3.09. The largest absolute Gasteiger partial charge is 0.353 e. The monoisotopic (exact) mass is 270 g/mol. The highest BCUT2D eigenvalue weighted by Gasteiger charge is 2.44. The van der Waals surface area contributed by atoms with E-state index in [1.165, 1.54) is 0 Å². The van der Waals surface area contributed by atoms with Crippen LogP contribution in [0.4, 0.5) is 0 Å².